The first-order chi connectivity index (χ1) is 14.3. The van der Waals surface area contributed by atoms with Gasteiger partial charge in [0.15, 0.2) is 5.96 Å². The maximum absolute atomic E-state index is 4.70. The summed E-state index contributed by atoms with van der Waals surface area (Å²) in [5, 5.41) is 14.8. The fraction of sp³-hybridized carbons (Fsp3) is 0.429. The molecule has 2 N–H and O–H groups in total. The molecule has 0 atom stereocenters. The highest BCUT2D eigenvalue weighted by molar-refractivity contribution is 14.0. The Morgan fingerprint density at radius 1 is 1.07 bits per heavy atom. The fourth-order valence-electron chi connectivity index (χ4n) is 3.14. The number of hydrogen-bond donors (Lipinski definition) is 2. The third-order valence-corrected chi connectivity index (χ3v) is 4.60. The molecule has 0 radical (unpaired) electrons. The number of guanidine groups is 1. The van der Waals surface area contributed by atoms with Crippen molar-refractivity contribution in [2.45, 2.75) is 39.8 Å². The van der Waals surface area contributed by atoms with Gasteiger partial charge < -0.3 is 19.8 Å². The molecule has 3 rings (SSSR count). The molecule has 30 heavy (non-hydrogen) atoms. The van der Waals surface area contributed by atoms with Gasteiger partial charge in [-0.05, 0) is 12.5 Å². The van der Waals surface area contributed by atoms with Crippen molar-refractivity contribution in [3.8, 4) is 0 Å². The molecule has 162 valence electrons. The van der Waals surface area contributed by atoms with Crippen molar-refractivity contribution in [2.75, 3.05) is 19.6 Å². The lowest BCUT2D eigenvalue weighted by molar-refractivity contribution is 0.632. The Labute approximate surface area is 195 Å². The minimum absolute atomic E-state index is 0. The normalized spacial score (nSPS) is 11.2. The van der Waals surface area contributed by atoms with Crippen molar-refractivity contribution in [1.82, 2.24) is 34.9 Å². The molecule has 2 heterocycles. The molecule has 0 amide bonds. The van der Waals surface area contributed by atoms with E-state index in [-0.39, 0.29) is 24.0 Å². The van der Waals surface area contributed by atoms with E-state index in [9.17, 15) is 0 Å². The number of imidazole rings is 1. The summed E-state index contributed by atoms with van der Waals surface area (Å²) < 4.78 is 4.25. The van der Waals surface area contributed by atoms with Gasteiger partial charge in [-0.25, -0.2) is 4.98 Å². The van der Waals surface area contributed by atoms with E-state index < -0.39 is 0 Å². The molecule has 0 bridgehead atoms. The summed E-state index contributed by atoms with van der Waals surface area (Å²) in [6, 6.07) is 10.4. The van der Waals surface area contributed by atoms with Crippen molar-refractivity contribution in [3.63, 3.8) is 0 Å². The zero-order valence-electron chi connectivity index (χ0n) is 17.7. The standard InChI is InChI=1S/C21H30N8.HI/c1-3-19-27-26-17-29(19)15-13-25-21(22-4-2)24-11-10-20-23-12-14-28(20)16-18-8-6-5-7-9-18;/h5-9,12,14,17H,3-4,10-11,13,15-16H2,1-2H3,(H2,22,24,25);1H. The Bertz CT molecular complexity index is 887. The van der Waals surface area contributed by atoms with E-state index >= 15 is 0 Å². The molecule has 8 nitrogen and oxygen atoms in total. The van der Waals surface area contributed by atoms with E-state index in [1.807, 2.05) is 18.5 Å². The van der Waals surface area contributed by atoms with Crippen LogP contribution in [0.5, 0.6) is 0 Å². The minimum atomic E-state index is 0. The highest BCUT2D eigenvalue weighted by Crippen LogP contribution is 2.06. The number of aromatic nitrogens is 5. The van der Waals surface area contributed by atoms with Crippen LogP contribution in [0.4, 0.5) is 0 Å². The van der Waals surface area contributed by atoms with Crippen molar-refractivity contribution < 1.29 is 0 Å². The number of rotatable bonds is 10. The van der Waals surface area contributed by atoms with Gasteiger partial charge in [0, 0.05) is 58.0 Å². The summed E-state index contributed by atoms with van der Waals surface area (Å²) in [4.78, 5) is 9.20. The molecule has 0 saturated carbocycles. The highest BCUT2D eigenvalue weighted by atomic mass is 127. The Hall–Kier alpha value is -2.43. The van der Waals surface area contributed by atoms with Crippen LogP contribution in [0.1, 0.15) is 31.1 Å². The van der Waals surface area contributed by atoms with E-state index in [0.29, 0.717) is 6.54 Å². The second kappa shape index (κ2) is 13.0. The van der Waals surface area contributed by atoms with E-state index in [0.717, 1.165) is 56.6 Å². The summed E-state index contributed by atoms with van der Waals surface area (Å²) in [7, 11) is 0. The lowest BCUT2D eigenvalue weighted by atomic mass is 10.2. The topological polar surface area (TPSA) is 85.0 Å². The van der Waals surface area contributed by atoms with Crippen molar-refractivity contribution in [1.29, 1.82) is 0 Å². The molecule has 1 aromatic carbocycles. The average Bonchev–Trinajstić information content (AvgIpc) is 3.38. The molecule has 2 aromatic heterocycles. The van der Waals surface area contributed by atoms with Gasteiger partial charge in [-0.3, -0.25) is 4.99 Å². The molecule has 0 aliphatic rings. The first kappa shape index (κ1) is 23.8. The largest absolute Gasteiger partial charge is 0.357 e. The first-order valence-corrected chi connectivity index (χ1v) is 10.2. The third-order valence-electron chi connectivity index (χ3n) is 4.60. The SMILES string of the molecule is CCNC(=NCCc1nccn1Cc1ccccc1)NCCn1cnnc1CC.I. The molecule has 0 fully saturated rings. The molecule has 3 aromatic rings. The average molecular weight is 522 g/mol. The zero-order valence-corrected chi connectivity index (χ0v) is 20.0. The highest BCUT2D eigenvalue weighted by Gasteiger charge is 2.05. The smallest absolute Gasteiger partial charge is 0.191 e. The molecule has 0 unspecified atom stereocenters. The van der Waals surface area contributed by atoms with Crippen LogP contribution in [0.2, 0.25) is 0 Å². The van der Waals surface area contributed by atoms with Crippen LogP contribution in [-0.2, 0) is 25.9 Å². The molecular weight excluding hydrogens is 491 g/mol. The molecule has 0 aliphatic heterocycles. The summed E-state index contributed by atoms with van der Waals surface area (Å²) in [5.41, 5.74) is 1.27. The molecule has 0 aliphatic carbocycles. The number of benzene rings is 1. The Morgan fingerprint density at radius 2 is 1.90 bits per heavy atom. The summed E-state index contributed by atoms with van der Waals surface area (Å²) in [5.74, 6) is 2.87. The van der Waals surface area contributed by atoms with E-state index in [1.165, 1.54) is 5.56 Å². The second-order valence-corrected chi connectivity index (χ2v) is 6.69. The van der Waals surface area contributed by atoms with Gasteiger partial charge in [-0.1, -0.05) is 37.3 Å². The zero-order chi connectivity index (χ0) is 20.3. The number of halogens is 1. The van der Waals surface area contributed by atoms with Gasteiger partial charge in [0.1, 0.15) is 18.0 Å². The molecule has 0 spiro atoms. The first-order valence-electron chi connectivity index (χ1n) is 10.2. The van der Waals surface area contributed by atoms with Crippen LogP contribution in [0.3, 0.4) is 0 Å². The monoisotopic (exact) mass is 522 g/mol. The fourth-order valence-corrected chi connectivity index (χ4v) is 3.14. The van der Waals surface area contributed by atoms with E-state index in [4.69, 9.17) is 4.99 Å². The van der Waals surface area contributed by atoms with Gasteiger partial charge in [0.2, 0.25) is 0 Å². The van der Waals surface area contributed by atoms with Crippen LogP contribution in [0.15, 0.2) is 54.0 Å². The second-order valence-electron chi connectivity index (χ2n) is 6.69. The predicted molar refractivity (Wildman–Crippen MR) is 130 cm³/mol. The van der Waals surface area contributed by atoms with Crippen molar-refractivity contribution in [3.05, 3.63) is 66.3 Å². The maximum Gasteiger partial charge on any atom is 0.191 e. The third kappa shape index (κ3) is 7.12. The van der Waals surface area contributed by atoms with Crippen LogP contribution < -0.4 is 10.6 Å². The summed E-state index contributed by atoms with van der Waals surface area (Å²) in [6.07, 6.45) is 7.33. The predicted octanol–water partition coefficient (Wildman–Crippen LogP) is 2.50. The number of aliphatic imine (C=N–C) groups is 1. The van der Waals surface area contributed by atoms with Crippen molar-refractivity contribution in [2.24, 2.45) is 4.99 Å². The van der Waals surface area contributed by atoms with Gasteiger partial charge in [-0.2, -0.15) is 0 Å². The van der Waals surface area contributed by atoms with Gasteiger partial charge >= 0.3 is 0 Å². The van der Waals surface area contributed by atoms with E-state index in [2.05, 4.69) is 73.1 Å². The van der Waals surface area contributed by atoms with Crippen LogP contribution in [0.25, 0.3) is 0 Å². The Morgan fingerprint density at radius 3 is 2.67 bits per heavy atom. The summed E-state index contributed by atoms with van der Waals surface area (Å²) >= 11 is 0. The van der Waals surface area contributed by atoms with Gasteiger partial charge in [0.05, 0.1) is 0 Å². The van der Waals surface area contributed by atoms with Crippen LogP contribution >= 0.6 is 24.0 Å². The minimum Gasteiger partial charge on any atom is -0.357 e. The lowest BCUT2D eigenvalue weighted by Crippen LogP contribution is -2.39. The lowest BCUT2D eigenvalue weighted by Gasteiger charge is -2.12. The number of hydrogen-bond acceptors (Lipinski definition) is 4. The van der Waals surface area contributed by atoms with Crippen LogP contribution in [0, 0.1) is 0 Å². The van der Waals surface area contributed by atoms with Gasteiger partial charge in [-0.15, -0.1) is 34.2 Å². The molecule has 9 heteroatoms. The Kier molecular flexibility index (Phi) is 10.3. The number of nitrogens with zero attached hydrogens (tertiary/aromatic N) is 6. The summed E-state index contributed by atoms with van der Waals surface area (Å²) in [6.45, 7) is 8.05. The maximum atomic E-state index is 4.70. The van der Waals surface area contributed by atoms with Crippen LogP contribution in [-0.4, -0.2) is 49.9 Å². The molecule has 0 saturated heterocycles. The van der Waals surface area contributed by atoms with Crippen molar-refractivity contribution >= 4 is 29.9 Å². The Balaban J connectivity index is 0.00000320. The number of aryl methyl sites for hydroxylation is 1. The number of nitrogens with one attached hydrogen (secondary N) is 2. The molecular formula is C21H31IN8. The van der Waals surface area contributed by atoms with E-state index in [1.54, 1.807) is 6.33 Å². The van der Waals surface area contributed by atoms with Gasteiger partial charge in [0.25, 0.3) is 0 Å². The quantitative estimate of drug-likeness (QED) is 0.243.